The van der Waals surface area contributed by atoms with Crippen LogP contribution in [-0.4, -0.2) is 50.5 Å². The Balaban J connectivity index is 2.16. The summed E-state index contributed by atoms with van der Waals surface area (Å²) in [5, 5.41) is 2.85. The summed E-state index contributed by atoms with van der Waals surface area (Å²) in [6, 6.07) is 9.48. The van der Waals surface area contributed by atoms with Crippen LogP contribution in [-0.2, 0) is 26.2 Å². The second-order valence-electron chi connectivity index (χ2n) is 8.51. The third kappa shape index (κ3) is 8.85. The summed E-state index contributed by atoms with van der Waals surface area (Å²) in [6.45, 7) is 4.26. The van der Waals surface area contributed by atoms with E-state index in [4.69, 9.17) is 0 Å². The number of rotatable bonds is 13. The molecular formula is C25H32BrF2N3O4S. The molecule has 1 atom stereocenters. The molecule has 0 saturated carbocycles. The third-order valence-electron chi connectivity index (χ3n) is 5.58. The molecule has 36 heavy (non-hydrogen) atoms. The Morgan fingerprint density at radius 1 is 1.08 bits per heavy atom. The van der Waals surface area contributed by atoms with Gasteiger partial charge in [0.25, 0.3) is 0 Å². The lowest BCUT2D eigenvalue weighted by Crippen LogP contribution is -2.48. The Kier molecular flexibility index (Phi) is 11.3. The average Bonchev–Trinajstić information content (AvgIpc) is 2.81. The van der Waals surface area contributed by atoms with Crippen molar-refractivity contribution in [1.82, 2.24) is 10.2 Å². The summed E-state index contributed by atoms with van der Waals surface area (Å²) in [6.07, 6.45) is 2.77. The molecule has 2 amide bonds. The Morgan fingerprint density at radius 2 is 1.81 bits per heavy atom. The molecule has 0 bridgehead atoms. The molecule has 0 unspecified atom stereocenters. The Labute approximate surface area is 220 Å². The van der Waals surface area contributed by atoms with Gasteiger partial charge in [-0.15, -0.1) is 0 Å². The molecule has 0 spiro atoms. The topological polar surface area (TPSA) is 86.8 Å². The van der Waals surface area contributed by atoms with Gasteiger partial charge in [0.15, 0.2) is 11.6 Å². The van der Waals surface area contributed by atoms with Gasteiger partial charge in [0, 0.05) is 36.6 Å². The quantitative estimate of drug-likeness (QED) is 0.347. The van der Waals surface area contributed by atoms with Crippen LogP contribution in [0.25, 0.3) is 0 Å². The van der Waals surface area contributed by atoms with Crippen LogP contribution >= 0.6 is 15.9 Å². The van der Waals surface area contributed by atoms with Crippen molar-refractivity contribution < 1.29 is 26.8 Å². The molecule has 0 saturated heterocycles. The number of hydrogen-bond donors (Lipinski definition) is 1. The van der Waals surface area contributed by atoms with Crippen LogP contribution in [0.3, 0.4) is 0 Å². The highest BCUT2D eigenvalue weighted by atomic mass is 79.9. The second-order valence-corrected chi connectivity index (χ2v) is 11.3. The summed E-state index contributed by atoms with van der Waals surface area (Å²) in [4.78, 5) is 27.4. The number of anilines is 1. The van der Waals surface area contributed by atoms with E-state index >= 15 is 0 Å². The van der Waals surface area contributed by atoms with Gasteiger partial charge in [-0.1, -0.05) is 41.4 Å². The number of amides is 2. The van der Waals surface area contributed by atoms with Crippen molar-refractivity contribution in [2.24, 2.45) is 0 Å². The van der Waals surface area contributed by atoms with Gasteiger partial charge >= 0.3 is 0 Å². The molecule has 2 aromatic carbocycles. The van der Waals surface area contributed by atoms with Gasteiger partial charge in [0.2, 0.25) is 21.8 Å². The van der Waals surface area contributed by atoms with Gasteiger partial charge in [0.1, 0.15) is 6.04 Å². The fraction of sp³-hybridized carbons (Fsp3) is 0.440. The van der Waals surface area contributed by atoms with Gasteiger partial charge in [-0.2, -0.15) is 0 Å². The lowest BCUT2D eigenvalue weighted by Gasteiger charge is -2.29. The summed E-state index contributed by atoms with van der Waals surface area (Å²) in [7, 11) is -3.81. The minimum absolute atomic E-state index is 0.0292. The Morgan fingerprint density at radius 3 is 2.42 bits per heavy atom. The average molecular weight is 589 g/mol. The summed E-state index contributed by atoms with van der Waals surface area (Å²) < 4.78 is 53.4. The molecule has 0 aliphatic carbocycles. The second kappa shape index (κ2) is 13.7. The number of nitrogens with zero attached hydrogens (tertiary/aromatic N) is 2. The monoisotopic (exact) mass is 587 g/mol. The maximum absolute atomic E-state index is 13.7. The fourth-order valence-electron chi connectivity index (χ4n) is 3.59. The SMILES string of the molecule is CCCCNC(=O)[C@@H](C)N(Cc1cccc(Br)c1)C(=O)CCCN(c1ccc(F)c(F)c1)S(C)(=O)=O. The van der Waals surface area contributed by atoms with Crippen LogP contribution < -0.4 is 9.62 Å². The lowest BCUT2D eigenvalue weighted by molar-refractivity contribution is -0.140. The van der Waals surface area contributed by atoms with Crippen molar-refractivity contribution >= 4 is 43.5 Å². The molecule has 0 aliphatic rings. The van der Waals surface area contributed by atoms with Crippen molar-refractivity contribution in [3.05, 3.63) is 64.1 Å². The predicted octanol–water partition coefficient (Wildman–Crippen LogP) is 4.61. The van der Waals surface area contributed by atoms with Crippen LogP contribution in [0.5, 0.6) is 0 Å². The molecule has 2 rings (SSSR count). The van der Waals surface area contributed by atoms with Crippen molar-refractivity contribution in [2.75, 3.05) is 23.7 Å². The zero-order valence-corrected chi connectivity index (χ0v) is 23.0. The summed E-state index contributed by atoms with van der Waals surface area (Å²) in [5.74, 6) is -2.85. The first-order chi connectivity index (χ1) is 16.9. The number of nitrogens with one attached hydrogen (secondary N) is 1. The van der Waals surface area contributed by atoms with E-state index in [1.54, 1.807) is 6.92 Å². The first-order valence-electron chi connectivity index (χ1n) is 11.7. The molecule has 1 N–H and O–H groups in total. The van der Waals surface area contributed by atoms with E-state index in [0.29, 0.717) is 6.54 Å². The number of sulfonamides is 1. The molecule has 2 aromatic rings. The van der Waals surface area contributed by atoms with Crippen LogP contribution in [0.4, 0.5) is 14.5 Å². The normalized spacial score (nSPS) is 12.2. The first kappa shape index (κ1) is 29.7. The number of carbonyl (C=O) groups is 2. The van der Waals surface area contributed by atoms with Crippen LogP contribution in [0.15, 0.2) is 46.9 Å². The highest BCUT2D eigenvalue weighted by Gasteiger charge is 2.26. The number of hydrogen-bond acceptors (Lipinski definition) is 4. The largest absolute Gasteiger partial charge is 0.354 e. The number of carbonyl (C=O) groups excluding carboxylic acids is 2. The molecule has 0 heterocycles. The predicted molar refractivity (Wildman–Crippen MR) is 140 cm³/mol. The van der Waals surface area contributed by atoms with E-state index in [1.165, 1.54) is 11.0 Å². The van der Waals surface area contributed by atoms with E-state index in [2.05, 4.69) is 21.2 Å². The van der Waals surface area contributed by atoms with Crippen LogP contribution in [0.1, 0.15) is 45.1 Å². The Hall–Kier alpha value is -2.53. The smallest absolute Gasteiger partial charge is 0.242 e. The van der Waals surface area contributed by atoms with Gasteiger partial charge in [-0.25, -0.2) is 17.2 Å². The standard InChI is InChI=1S/C25H32BrF2N3O4S/c1-4-5-13-29-25(33)18(2)30(17-19-8-6-9-20(26)15-19)24(32)10-7-14-31(36(3,34)35)21-11-12-22(27)23(28)16-21/h6,8-9,11-12,15-16,18H,4-5,7,10,13-14,17H2,1-3H3,(H,29,33)/t18-/m1/s1. The van der Waals surface area contributed by atoms with Crippen LogP contribution in [0, 0.1) is 11.6 Å². The minimum atomic E-state index is -3.81. The molecule has 0 radical (unpaired) electrons. The van der Waals surface area contributed by atoms with Gasteiger partial charge in [-0.05, 0) is 49.6 Å². The molecule has 7 nitrogen and oxygen atoms in total. The van der Waals surface area contributed by atoms with Crippen molar-refractivity contribution in [3.63, 3.8) is 0 Å². The number of unbranched alkanes of at least 4 members (excludes halogenated alkanes) is 1. The zero-order chi connectivity index (χ0) is 26.9. The highest BCUT2D eigenvalue weighted by molar-refractivity contribution is 9.10. The zero-order valence-electron chi connectivity index (χ0n) is 20.6. The van der Waals surface area contributed by atoms with E-state index in [1.807, 2.05) is 31.2 Å². The number of benzene rings is 2. The molecular weight excluding hydrogens is 556 g/mol. The molecule has 0 aliphatic heterocycles. The molecule has 0 fully saturated rings. The maximum Gasteiger partial charge on any atom is 0.242 e. The van der Waals surface area contributed by atoms with Crippen molar-refractivity contribution in [1.29, 1.82) is 0 Å². The highest BCUT2D eigenvalue weighted by Crippen LogP contribution is 2.22. The van der Waals surface area contributed by atoms with E-state index in [0.717, 1.165) is 45.6 Å². The summed E-state index contributed by atoms with van der Waals surface area (Å²) >= 11 is 3.41. The lowest BCUT2D eigenvalue weighted by atomic mass is 10.1. The van der Waals surface area contributed by atoms with Crippen molar-refractivity contribution in [3.8, 4) is 0 Å². The molecule has 198 valence electrons. The molecule has 0 aromatic heterocycles. The minimum Gasteiger partial charge on any atom is -0.354 e. The first-order valence-corrected chi connectivity index (χ1v) is 14.3. The van der Waals surface area contributed by atoms with Gasteiger partial charge in [-0.3, -0.25) is 13.9 Å². The Bertz CT molecular complexity index is 1160. The summed E-state index contributed by atoms with van der Waals surface area (Å²) in [5.41, 5.74) is 0.795. The van der Waals surface area contributed by atoms with Gasteiger partial charge in [0.05, 0.1) is 11.9 Å². The van der Waals surface area contributed by atoms with E-state index in [-0.39, 0.29) is 43.4 Å². The van der Waals surface area contributed by atoms with Crippen molar-refractivity contribution in [2.45, 2.75) is 52.1 Å². The van der Waals surface area contributed by atoms with E-state index < -0.39 is 27.7 Å². The van der Waals surface area contributed by atoms with Gasteiger partial charge < -0.3 is 10.2 Å². The van der Waals surface area contributed by atoms with E-state index in [9.17, 15) is 26.8 Å². The number of halogens is 3. The van der Waals surface area contributed by atoms with Crippen LogP contribution in [0.2, 0.25) is 0 Å². The fourth-order valence-corrected chi connectivity index (χ4v) is 5.00. The molecule has 11 heteroatoms. The maximum atomic E-state index is 13.7. The third-order valence-corrected chi connectivity index (χ3v) is 7.27.